The second kappa shape index (κ2) is 5.92. The number of benzene rings is 1. The smallest absolute Gasteiger partial charge is 0.344 e. The van der Waals surface area contributed by atoms with E-state index in [0.29, 0.717) is 12.2 Å². The van der Waals surface area contributed by atoms with Gasteiger partial charge in [-0.2, -0.15) is 0 Å². The predicted octanol–water partition coefficient (Wildman–Crippen LogP) is 1.56. The molecule has 1 aromatic carbocycles. The predicted molar refractivity (Wildman–Crippen MR) is 72.8 cm³/mol. The lowest BCUT2D eigenvalue weighted by atomic mass is 10.3. The number of halogens is 1. The Kier molecular flexibility index (Phi) is 4.46. The molecule has 1 fully saturated rings. The highest BCUT2D eigenvalue weighted by Crippen LogP contribution is 2.17. The molecule has 1 aliphatic heterocycles. The van der Waals surface area contributed by atoms with Crippen LogP contribution in [0.1, 0.15) is 6.42 Å². The highest BCUT2D eigenvalue weighted by molar-refractivity contribution is 9.10. The lowest BCUT2D eigenvalue weighted by Crippen LogP contribution is -2.23. The molecule has 0 aliphatic carbocycles. The minimum absolute atomic E-state index is 0.0819. The number of hydrogen-bond acceptors (Lipinski definition) is 5. The third-order valence-corrected chi connectivity index (χ3v) is 4.93. The maximum absolute atomic E-state index is 11.5. The normalized spacial score (nSPS) is 21.0. The van der Waals surface area contributed by atoms with Gasteiger partial charge in [-0.1, -0.05) is 15.9 Å². The first-order valence-corrected chi connectivity index (χ1v) is 8.34. The van der Waals surface area contributed by atoms with Crippen LogP contribution in [0.2, 0.25) is 0 Å². The van der Waals surface area contributed by atoms with Crippen LogP contribution in [-0.2, 0) is 19.4 Å². The van der Waals surface area contributed by atoms with Gasteiger partial charge in [0.1, 0.15) is 11.9 Å². The van der Waals surface area contributed by atoms with Crippen LogP contribution in [0.4, 0.5) is 0 Å². The average molecular weight is 349 g/mol. The standard InChI is InChI=1S/C12H13BrO5S/c13-9-1-3-10(4-2-9)17-7-12(14)18-11-5-6-19(15,16)8-11/h1-4,11H,5-8H2/t11-/m0/s1. The number of rotatable bonds is 4. The molecule has 0 spiro atoms. The van der Waals surface area contributed by atoms with Crippen molar-refractivity contribution in [3.05, 3.63) is 28.7 Å². The van der Waals surface area contributed by atoms with Gasteiger partial charge in [0.25, 0.3) is 0 Å². The number of ether oxygens (including phenoxy) is 2. The van der Waals surface area contributed by atoms with Crippen molar-refractivity contribution in [2.24, 2.45) is 0 Å². The fourth-order valence-corrected chi connectivity index (χ4v) is 3.60. The number of carbonyl (C=O) groups excluding carboxylic acids is 1. The molecule has 0 saturated carbocycles. The summed E-state index contributed by atoms with van der Waals surface area (Å²) in [7, 11) is -3.04. The Morgan fingerprint density at radius 3 is 2.58 bits per heavy atom. The van der Waals surface area contributed by atoms with Gasteiger partial charge in [-0.15, -0.1) is 0 Å². The first-order chi connectivity index (χ1) is 8.94. The van der Waals surface area contributed by atoms with E-state index in [2.05, 4.69) is 15.9 Å². The average Bonchev–Trinajstić information content (AvgIpc) is 2.68. The Morgan fingerprint density at radius 1 is 1.32 bits per heavy atom. The maximum atomic E-state index is 11.5. The van der Waals surface area contributed by atoms with E-state index in [1.54, 1.807) is 24.3 Å². The second-order valence-corrected chi connectivity index (χ2v) is 7.40. The van der Waals surface area contributed by atoms with E-state index in [-0.39, 0.29) is 18.1 Å². The molecule has 104 valence electrons. The maximum Gasteiger partial charge on any atom is 0.344 e. The summed E-state index contributed by atoms with van der Waals surface area (Å²) in [6.07, 6.45) is -0.169. The molecule has 1 aliphatic rings. The lowest BCUT2D eigenvalue weighted by Gasteiger charge is -2.11. The molecule has 1 heterocycles. The van der Waals surface area contributed by atoms with Gasteiger partial charge in [0.05, 0.1) is 11.5 Å². The van der Waals surface area contributed by atoms with Crippen molar-refractivity contribution in [1.29, 1.82) is 0 Å². The Labute approximate surface area is 119 Å². The molecule has 0 radical (unpaired) electrons. The first kappa shape index (κ1) is 14.3. The quantitative estimate of drug-likeness (QED) is 0.772. The number of esters is 1. The van der Waals surface area contributed by atoms with Gasteiger partial charge in [0.2, 0.25) is 0 Å². The molecule has 2 rings (SSSR count). The Balaban J connectivity index is 1.77. The largest absolute Gasteiger partial charge is 0.482 e. The summed E-state index contributed by atoms with van der Waals surface area (Å²) >= 11 is 3.29. The minimum Gasteiger partial charge on any atom is -0.482 e. The van der Waals surface area contributed by atoms with E-state index in [9.17, 15) is 13.2 Å². The number of carbonyl (C=O) groups is 1. The fourth-order valence-electron chi connectivity index (χ4n) is 1.75. The fraction of sp³-hybridized carbons (Fsp3) is 0.417. The van der Waals surface area contributed by atoms with Crippen LogP contribution in [0.5, 0.6) is 5.75 Å². The molecule has 7 heteroatoms. The summed E-state index contributed by atoms with van der Waals surface area (Å²) < 4.78 is 33.6. The SMILES string of the molecule is O=C(COc1ccc(Br)cc1)O[C@H]1CCS(=O)(=O)C1. The summed E-state index contributed by atoms with van der Waals surface area (Å²) in [6, 6.07) is 7.03. The molecule has 1 saturated heterocycles. The topological polar surface area (TPSA) is 69.7 Å². The molecule has 0 aromatic heterocycles. The highest BCUT2D eigenvalue weighted by atomic mass is 79.9. The minimum atomic E-state index is -3.04. The highest BCUT2D eigenvalue weighted by Gasteiger charge is 2.30. The van der Waals surface area contributed by atoms with E-state index in [4.69, 9.17) is 9.47 Å². The van der Waals surface area contributed by atoms with Crippen LogP contribution in [-0.4, -0.2) is 38.6 Å². The van der Waals surface area contributed by atoms with Gasteiger partial charge in [0.15, 0.2) is 16.4 Å². The summed E-state index contributed by atoms with van der Waals surface area (Å²) in [4.78, 5) is 11.5. The van der Waals surface area contributed by atoms with Crippen LogP contribution in [0.15, 0.2) is 28.7 Å². The molecule has 1 aromatic rings. The number of sulfone groups is 1. The van der Waals surface area contributed by atoms with Crippen LogP contribution < -0.4 is 4.74 Å². The van der Waals surface area contributed by atoms with Crippen LogP contribution in [0.25, 0.3) is 0 Å². The van der Waals surface area contributed by atoms with Crippen LogP contribution in [0.3, 0.4) is 0 Å². The monoisotopic (exact) mass is 348 g/mol. The zero-order valence-electron chi connectivity index (χ0n) is 10.0. The lowest BCUT2D eigenvalue weighted by molar-refractivity contribution is -0.150. The van der Waals surface area contributed by atoms with E-state index in [0.717, 1.165) is 4.47 Å². The zero-order chi connectivity index (χ0) is 13.9. The molecule has 0 amide bonds. The van der Waals surface area contributed by atoms with Crippen molar-refractivity contribution in [2.75, 3.05) is 18.1 Å². The van der Waals surface area contributed by atoms with Gasteiger partial charge in [0, 0.05) is 4.47 Å². The first-order valence-electron chi connectivity index (χ1n) is 5.73. The van der Waals surface area contributed by atoms with Gasteiger partial charge >= 0.3 is 5.97 Å². The molecular formula is C12H13BrO5S. The third-order valence-electron chi connectivity index (χ3n) is 2.66. The van der Waals surface area contributed by atoms with Crippen molar-refractivity contribution >= 4 is 31.7 Å². The van der Waals surface area contributed by atoms with E-state index < -0.39 is 21.9 Å². The molecule has 0 bridgehead atoms. The van der Waals surface area contributed by atoms with Crippen molar-refractivity contribution in [3.8, 4) is 5.75 Å². The summed E-state index contributed by atoms with van der Waals surface area (Å²) in [5.74, 6) is -0.000525. The third kappa shape index (κ3) is 4.50. The van der Waals surface area contributed by atoms with Crippen LogP contribution >= 0.6 is 15.9 Å². The van der Waals surface area contributed by atoms with Crippen molar-refractivity contribution in [1.82, 2.24) is 0 Å². The van der Waals surface area contributed by atoms with Gasteiger partial charge in [-0.05, 0) is 30.7 Å². The molecule has 1 atom stereocenters. The molecule has 19 heavy (non-hydrogen) atoms. The van der Waals surface area contributed by atoms with E-state index >= 15 is 0 Å². The Bertz CT molecular complexity index is 552. The second-order valence-electron chi connectivity index (χ2n) is 4.26. The summed E-state index contributed by atoms with van der Waals surface area (Å²) in [5.41, 5.74) is 0. The Morgan fingerprint density at radius 2 is 2.00 bits per heavy atom. The molecule has 0 N–H and O–H groups in total. The molecule has 5 nitrogen and oxygen atoms in total. The van der Waals surface area contributed by atoms with Crippen LogP contribution in [0, 0.1) is 0 Å². The van der Waals surface area contributed by atoms with Gasteiger partial charge in [-0.3, -0.25) is 0 Å². The van der Waals surface area contributed by atoms with Crippen molar-refractivity contribution in [2.45, 2.75) is 12.5 Å². The molecular weight excluding hydrogens is 336 g/mol. The number of hydrogen-bond donors (Lipinski definition) is 0. The summed E-state index contributed by atoms with van der Waals surface area (Å²) in [5, 5.41) is 0. The van der Waals surface area contributed by atoms with E-state index in [1.165, 1.54) is 0 Å². The van der Waals surface area contributed by atoms with Gasteiger partial charge in [-0.25, -0.2) is 13.2 Å². The Hall–Kier alpha value is -1.08. The van der Waals surface area contributed by atoms with Gasteiger partial charge < -0.3 is 9.47 Å². The van der Waals surface area contributed by atoms with Crippen molar-refractivity contribution in [3.63, 3.8) is 0 Å². The summed E-state index contributed by atoms with van der Waals surface area (Å²) in [6.45, 7) is -0.224. The molecule has 0 unspecified atom stereocenters. The van der Waals surface area contributed by atoms with E-state index in [1.807, 2.05) is 0 Å². The zero-order valence-corrected chi connectivity index (χ0v) is 12.4. The van der Waals surface area contributed by atoms with Crippen molar-refractivity contribution < 1.29 is 22.7 Å².